The van der Waals surface area contributed by atoms with E-state index in [1.807, 2.05) is 18.2 Å². The molecule has 0 aliphatic heterocycles. The number of halogens is 1. The first-order chi connectivity index (χ1) is 9.47. The van der Waals surface area contributed by atoms with E-state index in [0.717, 1.165) is 23.9 Å². The van der Waals surface area contributed by atoms with E-state index >= 15 is 0 Å². The van der Waals surface area contributed by atoms with Gasteiger partial charge in [-0.25, -0.2) is 4.79 Å². The molecule has 0 amide bonds. The first-order valence-corrected chi connectivity index (χ1v) is 7.32. The van der Waals surface area contributed by atoms with Crippen LogP contribution >= 0.6 is 11.6 Å². The van der Waals surface area contributed by atoms with Crippen LogP contribution in [0.2, 0.25) is 5.02 Å². The summed E-state index contributed by atoms with van der Waals surface area (Å²) in [6.07, 6.45) is 5.11. The third-order valence-corrected chi connectivity index (χ3v) is 3.60. The highest BCUT2D eigenvalue weighted by Gasteiger charge is 2.29. The van der Waals surface area contributed by atoms with E-state index in [1.165, 1.54) is 18.9 Å². The Morgan fingerprint density at radius 2 is 2.20 bits per heavy atom. The minimum atomic E-state index is -0.968. The van der Waals surface area contributed by atoms with Gasteiger partial charge >= 0.3 is 5.97 Å². The maximum Gasteiger partial charge on any atom is 0.328 e. The normalized spacial score (nSPS) is 15.0. The van der Waals surface area contributed by atoms with Gasteiger partial charge in [0.25, 0.3) is 0 Å². The fourth-order valence-corrected chi connectivity index (χ4v) is 2.47. The van der Waals surface area contributed by atoms with Crippen LogP contribution < -0.4 is 4.90 Å². The van der Waals surface area contributed by atoms with Crippen LogP contribution in [0.15, 0.2) is 24.3 Å². The van der Waals surface area contributed by atoms with Crippen molar-refractivity contribution in [2.45, 2.75) is 32.7 Å². The summed E-state index contributed by atoms with van der Waals surface area (Å²) >= 11 is 6.25. The third kappa shape index (κ3) is 4.01. The van der Waals surface area contributed by atoms with Gasteiger partial charge in [0.1, 0.15) is 0 Å². The van der Waals surface area contributed by atoms with E-state index in [9.17, 15) is 4.79 Å². The molecule has 0 unspecified atom stereocenters. The van der Waals surface area contributed by atoms with Crippen molar-refractivity contribution in [1.29, 1.82) is 0 Å². The SMILES string of the molecule is CC(C)CN(c1ccc(/C=C/C(=O)O)c(Cl)c1)C1CC1. The van der Waals surface area contributed by atoms with E-state index in [4.69, 9.17) is 16.7 Å². The van der Waals surface area contributed by atoms with Crippen molar-refractivity contribution >= 4 is 29.3 Å². The van der Waals surface area contributed by atoms with Gasteiger partial charge in [0, 0.05) is 29.4 Å². The Hall–Kier alpha value is -1.48. The molecule has 1 aromatic carbocycles. The van der Waals surface area contributed by atoms with Crippen LogP contribution in [0.1, 0.15) is 32.3 Å². The molecule has 0 heterocycles. The number of hydrogen-bond donors (Lipinski definition) is 1. The van der Waals surface area contributed by atoms with Crippen molar-refractivity contribution in [2.24, 2.45) is 5.92 Å². The van der Waals surface area contributed by atoms with Gasteiger partial charge < -0.3 is 10.0 Å². The first kappa shape index (κ1) is 14.9. The summed E-state index contributed by atoms with van der Waals surface area (Å²) in [5, 5.41) is 9.24. The fraction of sp³-hybridized carbons (Fsp3) is 0.438. The first-order valence-electron chi connectivity index (χ1n) is 6.94. The fourth-order valence-electron chi connectivity index (χ4n) is 2.24. The quantitative estimate of drug-likeness (QED) is 0.804. The van der Waals surface area contributed by atoms with Crippen LogP contribution in [0.3, 0.4) is 0 Å². The largest absolute Gasteiger partial charge is 0.478 e. The van der Waals surface area contributed by atoms with E-state index < -0.39 is 5.97 Å². The number of hydrogen-bond acceptors (Lipinski definition) is 2. The molecular weight excluding hydrogens is 274 g/mol. The predicted molar refractivity (Wildman–Crippen MR) is 83.3 cm³/mol. The van der Waals surface area contributed by atoms with E-state index in [0.29, 0.717) is 17.0 Å². The van der Waals surface area contributed by atoms with E-state index in [2.05, 4.69) is 18.7 Å². The zero-order valence-electron chi connectivity index (χ0n) is 11.8. The average molecular weight is 294 g/mol. The monoisotopic (exact) mass is 293 g/mol. The predicted octanol–water partition coefficient (Wildman–Crippen LogP) is 4.06. The average Bonchev–Trinajstić information content (AvgIpc) is 3.18. The smallest absolute Gasteiger partial charge is 0.328 e. The number of rotatable bonds is 6. The molecule has 0 radical (unpaired) electrons. The lowest BCUT2D eigenvalue weighted by atomic mass is 10.1. The molecule has 1 saturated carbocycles. The number of anilines is 1. The van der Waals surface area contributed by atoms with Crippen LogP contribution in [-0.2, 0) is 4.79 Å². The van der Waals surface area contributed by atoms with Crippen molar-refractivity contribution in [3.63, 3.8) is 0 Å². The van der Waals surface area contributed by atoms with Crippen molar-refractivity contribution in [2.75, 3.05) is 11.4 Å². The molecule has 0 bridgehead atoms. The molecule has 1 aliphatic rings. The molecule has 0 saturated heterocycles. The highest BCUT2D eigenvalue weighted by molar-refractivity contribution is 6.32. The summed E-state index contributed by atoms with van der Waals surface area (Å²) in [7, 11) is 0. The lowest BCUT2D eigenvalue weighted by molar-refractivity contribution is -0.131. The molecule has 0 aromatic heterocycles. The molecule has 1 fully saturated rings. The summed E-state index contributed by atoms with van der Waals surface area (Å²) in [6, 6.07) is 6.47. The standard InChI is InChI=1S/C16H20ClNO2/c1-11(2)10-18(13-6-7-13)14-5-3-12(15(17)9-14)4-8-16(19)20/h3-5,8-9,11,13H,6-7,10H2,1-2H3,(H,19,20)/b8-4+. The number of carboxylic acids is 1. The summed E-state index contributed by atoms with van der Waals surface area (Å²) in [5.74, 6) is -0.370. The van der Waals surface area contributed by atoms with Gasteiger partial charge in [0.2, 0.25) is 0 Å². The van der Waals surface area contributed by atoms with Gasteiger partial charge in [0.15, 0.2) is 0 Å². The lowest BCUT2D eigenvalue weighted by Crippen LogP contribution is -2.29. The molecule has 2 rings (SSSR count). The summed E-state index contributed by atoms with van der Waals surface area (Å²) < 4.78 is 0. The minimum Gasteiger partial charge on any atom is -0.478 e. The van der Waals surface area contributed by atoms with Crippen molar-refractivity contribution in [1.82, 2.24) is 0 Å². The Kier molecular flexibility index (Phi) is 4.71. The van der Waals surface area contributed by atoms with Crippen LogP contribution in [0.4, 0.5) is 5.69 Å². The Morgan fingerprint density at radius 3 is 2.70 bits per heavy atom. The van der Waals surface area contributed by atoms with Gasteiger partial charge in [-0.15, -0.1) is 0 Å². The highest BCUT2D eigenvalue weighted by Crippen LogP contribution is 2.34. The van der Waals surface area contributed by atoms with Gasteiger partial charge in [-0.1, -0.05) is 31.5 Å². The molecule has 108 valence electrons. The highest BCUT2D eigenvalue weighted by atomic mass is 35.5. The van der Waals surface area contributed by atoms with Crippen LogP contribution in [0.5, 0.6) is 0 Å². The van der Waals surface area contributed by atoms with Crippen molar-refractivity contribution < 1.29 is 9.90 Å². The van der Waals surface area contributed by atoms with Crippen molar-refractivity contribution in [3.8, 4) is 0 Å². The summed E-state index contributed by atoms with van der Waals surface area (Å²) in [4.78, 5) is 12.9. The van der Waals surface area contributed by atoms with E-state index in [1.54, 1.807) is 0 Å². The number of carboxylic acid groups (broad SMARTS) is 1. The van der Waals surface area contributed by atoms with Gasteiger partial charge in [-0.3, -0.25) is 0 Å². The molecule has 20 heavy (non-hydrogen) atoms. The summed E-state index contributed by atoms with van der Waals surface area (Å²) in [5.41, 5.74) is 1.86. The molecule has 0 atom stereocenters. The number of nitrogens with zero attached hydrogens (tertiary/aromatic N) is 1. The Labute approximate surface area is 124 Å². The summed E-state index contributed by atoms with van der Waals surface area (Å²) in [6.45, 7) is 5.44. The second-order valence-corrected chi connectivity index (χ2v) is 6.06. The molecule has 1 aromatic rings. The second-order valence-electron chi connectivity index (χ2n) is 5.65. The van der Waals surface area contributed by atoms with Crippen LogP contribution in [0.25, 0.3) is 6.08 Å². The molecule has 1 N–H and O–H groups in total. The minimum absolute atomic E-state index is 0.592. The molecule has 4 heteroatoms. The van der Waals surface area contributed by atoms with Gasteiger partial charge in [-0.05, 0) is 42.5 Å². The zero-order valence-corrected chi connectivity index (χ0v) is 12.6. The molecule has 3 nitrogen and oxygen atoms in total. The zero-order chi connectivity index (χ0) is 14.7. The Balaban J connectivity index is 2.20. The van der Waals surface area contributed by atoms with Crippen LogP contribution in [0, 0.1) is 5.92 Å². The third-order valence-electron chi connectivity index (χ3n) is 3.27. The number of benzene rings is 1. The van der Waals surface area contributed by atoms with Crippen LogP contribution in [-0.4, -0.2) is 23.7 Å². The molecular formula is C16H20ClNO2. The number of carbonyl (C=O) groups is 1. The van der Waals surface area contributed by atoms with Gasteiger partial charge in [-0.2, -0.15) is 0 Å². The topological polar surface area (TPSA) is 40.5 Å². The number of aliphatic carboxylic acids is 1. The second kappa shape index (κ2) is 6.31. The Bertz CT molecular complexity index is 521. The van der Waals surface area contributed by atoms with Gasteiger partial charge in [0.05, 0.1) is 0 Å². The Morgan fingerprint density at radius 1 is 1.50 bits per heavy atom. The maximum absolute atomic E-state index is 10.5. The lowest BCUT2D eigenvalue weighted by Gasteiger charge is -2.27. The molecule has 0 spiro atoms. The van der Waals surface area contributed by atoms with E-state index in [-0.39, 0.29) is 0 Å². The maximum atomic E-state index is 10.5. The molecule has 1 aliphatic carbocycles. The van der Waals surface area contributed by atoms with Crippen molar-refractivity contribution in [3.05, 3.63) is 34.9 Å².